The quantitative estimate of drug-likeness (QED) is 0.252. The second-order valence-electron chi connectivity index (χ2n) is 12.3. The summed E-state index contributed by atoms with van der Waals surface area (Å²) in [6, 6.07) is 19.7. The summed E-state index contributed by atoms with van der Waals surface area (Å²) in [5, 5.41) is 0.727. The van der Waals surface area contributed by atoms with E-state index in [9.17, 15) is 9.59 Å². The minimum Gasteiger partial charge on any atom is -0.345 e. The first-order valence-corrected chi connectivity index (χ1v) is 14.3. The lowest BCUT2D eigenvalue weighted by Gasteiger charge is -2.30. The zero-order chi connectivity index (χ0) is 28.7. The monoisotopic (exact) mass is 549 g/mol. The highest BCUT2D eigenvalue weighted by Crippen LogP contribution is 2.23. The summed E-state index contributed by atoms with van der Waals surface area (Å²) in [5.74, 6) is 0.376. The fourth-order valence-corrected chi connectivity index (χ4v) is 4.86. The molecule has 1 aromatic heterocycles. The van der Waals surface area contributed by atoms with Gasteiger partial charge in [0.25, 0.3) is 5.91 Å². The van der Waals surface area contributed by atoms with Gasteiger partial charge in [0.05, 0.1) is 6.54 Å². The van der Waals surface area contributed by atoms with E-state index in [-0.39, 0.29) is 29.7 Å². The van der Waals surface area contributed by atoms with Crippen LogP contribution >= 0.6 is 11.6 Å². The fourth-order valence-electron chi connectivity index (χ4n) is 4.67. The Morgan fingerprint density at radius 2 is 1.46 bits per heavy atom. The molecule has 3 rings (SSSR count). The largest absolute Gasteiger partial charge is 0.345 e. The van der Waals surface area contributed by atoms with Crippen molar-refractivity contribution in [3.63, 3.8) is 0 Å². The van der Waals surface area contributed by atoms with Gasteiger partial charge in [-0.15, -0.1) is 0 Å². The van der Waals surface area contributed by atoms with Crippen LogP contribution in [0.15, 0.2) is 66.9 Å². The third kappa shape index (κ3) is 8.72. The maximum Gasteiger partial charge on any atom is 0.254 e. The van der Waals surface area contributed by atoms with Crippen molar-refractivity contribution in [2.45, 2.75) is 67.0 Å². The molecule has 0 aliphatic heterocycles. The summed E-state index contributed by atoms with van der Waals surface area (Å²) in [6.07, 6.45) is 2.02. The number of halogens is 1. The molecule has 2 amide bonds. The van der Waals surface area contributed by atoms with Crippen LogP contribution in [0, 0.1) is 11.8 Å². The van der Waals surface area contributed by atoms with Crippen molar-refractivity contribution in [1.29, 1.82) is 0 Å². The molecular weight excluding hydrogens is 506 g/mol. The molecule has 0 bridgehead atoms. The molecule has 3 aromatic rings. The van der Waals surface area contributed by atoms with Gasteiger partial charge in [0.1, 0.15) is 6.54 Å². The molecule has 0 spiro atoms. The Morgan fingerprint density at radius 1 is 0.846 bits per heavy atom. The number of hydrogen-bond donors (Lipinski definition) is 0. The SMILES string of the molecule is CC(C)CN(Cc1cccn1Cc1ccccc1Cl)C(=O)CN(CC(C)C)C(=O)c1ccc(C(C)(C)C)cc1. The second-order valence-corrected chi connectivity index (χ2v) is 12.7. The lowest BCUT2D eigenvalue weighted by molar-refractivity contribution is -0.133. The highest BCUT2D eigenvalue weighted by molar-refractivity contribution is 6.31. The normalized spacial score (nSPS) is 11.7. The highest BCUT2D eigenvalue weighted by atomic mass is 35.5. The second kappa shape index (κ2) is 13.3. The van der Waals surface area contributed by atoms with Crippen molar-refractivity contribution in [2.24, 2.45) is 11.8 Å². The molecule has 0 unspecified atom stereocenters. The van der Waals surface area contributed by atoms with Crippen LogP contribution in [0.1, 0.15) is 75.6 Å². The van der Waals surface area contributed by atoms with Gasteiger partial charge < -0.3 is 14.4 Å². The Bertz CT molecular complexity index is 1240. The van der Waals surface area contributed by atoms with Crippen LogP contribution in [0.5, 0.6) is 0 Å². The molecule has 0 saturated carbocycles. The molecule has 0 aliphatic carbocycles. The highest BCUT2D eigenvalue weighted by Gasteiger charge is 2.25. The van der Waals surface area contributed by atoms with E-state index in [0.717, 1.165) is 16.3 Å². The Hall–Kier alpha value is -3.05. The number of hydrogen-bond acceptors (Lipinski definition) is 2. The molecular formula is C33H44ClN3O2. The van der Waals surface area contributed by atoms with Crippen molar-refractivity contribution >= 4 is 23.4 Å². The van der Waals surface area contributed by atoms with Crippen molar-refractivity contribution in [3.8, 4) is 0 Å². The van der Waals surface area contributed by atoms with E-state index < -0.39 is 0 Å². The van der Waals surface area contributed by atoms with E-state index >= 15 is 0 Å². The van der Waals surface area contributed by atoms with Gasteiger partial charge in [-0.05, 0) is 58.7 Å². The Morgan fingerprint density at radius 3 is 2.05 bits per heavy atom. The molecule has 0 N–H and O–H groups in total. The van der Waals surface area contributed by atoms with E-state index in [1.807, 2.05) is 71.8 Å². The lowest BCUT2D eigenvalue weighted by Crippen LogP contribution is -2.45. The van der Waals surface area contributed by atoms with Crippen LogP contribution < -0.4 is 0 Å². The summed E-state index contributed by atoms with van der Waals surface area (Å²) < 4.78 is 2.13. The summed E-state index contributed by atoms with van der Waals surface area (Å²) in [7, 11) is 0. The average molecular weight is 550 g/mol. The van der Waals surface area contributed by atoms with Crippen LogP contribution in [0.4, 0.5) is 0 Å². The summed E-state index contributed by atoms with van der Waals surface area (Å²) in [5.41, 5.74) is 3.86. The van der Waals surface area contributed by atoms with Crippen LogP contribution in [0.3, 0.4) is 0 Å². The van der Waals surface area contributed by atoms with Crippen LogP contribution in [0.25, 0.3) is 0 Å². The molecule has 0 saturated heterocycles. The molecule has 2 aromatic carbocycles. The predicted octanol–water partition coefficient (Wildman–Crippen LogP) is 7.27. The first-order chi connectivity index (χ1) is 18.3. The number of benzene rings is 2. The number of aromatic nitrogens is 1. The molecule has 39 heavy (non-hydrogen) atoms. The minimum atomic E-state index is -0.107. The molecule has 5 nitrogen and oxygen atoms in total. The maximum atomic E-state index is 13.7. The Balaban J connectivity index is 1.80. The van der Waals surface area contributed by atoms with Gasteiger partial charge in [0.2, 0.25) is 5.91 Å². The molecule has 0 radical (unpaired) electrons. The molecule has 1 heterocycles. The molecule has 0 fully saturated rings. The Kier molecular flexibility index (Phi) is 10.4. The molecule has 210 valence electrons. The van der Waals surface area contributed by atoms with E-state index in [1.165, 1.54) is 5.56 Å². The van der Waals surface area contributed by atoms with Crippen molar-refractivity contribution in [1.82, 2.24) is 14.4 Å². The van der Waals surface area contributed by atoms with Gasteiger partial charge in [-0.2, -0.15) is 0 Å². The van der Waals surface area contributed by atoms with Crippen molar-refractivity contribution < 1.29 is 9.59 Å². The average Bonchev–Trinajstić information content (AvgIpc) is 3.29. The van der Waals surface area contributed by atoms with Crippen molar-refractivity contribution in [3.05, 3.63) is 94.3 Å². The van der Waals surface area contributed by atoms with Gasteiger partial charge in [-0.25, -0.2) is 0 Å². The van der Waals surface area contributed by atoms with E-state index in [0.29, 0.717) is 37.7 Å². The minimum absolute atomic E-state index is 0.00994. The van der Waals surface area contributed by atoms with Gasteiger partial charge in [-0.3, -0.25) is 9.59 Å². The van der Waals surface area contributed by atoms with Gasteiger partial charge in [-0.1, -0.05) is 90.4 Å². The van der Waals surface area contributed by atoms with Gasteiger partial charge in [0.15, 0.2) is 0 Å². The first-order valence-electron chi connectivity index (χ1n) is 13.9. The van der Waals surface area contributed by atoms with Crippen molar-refractivity contribution in [2.75, 3.05) is 19.6 Å². The summed E-state index contributed by atoms with van der Waals surface area (Å²) >= 11 is 6.41. The van der Waals surface area contributed by atoms with Gasteiger partial charge >= 0.3 is 0 Å². The molecule has 0 aliphatic rings. The third-order valence-electron chi connectivity index (χ3n) is 6.71. The lowest BCUT2D eigenvalue weighted by atomic mass is 9.86. The van der Waals surface area contributed by atoms with E-state index in [2.05, 4.69) is 53.0 Å². The predicted molar refractivity (Wildman–Crippen MR) is 161 cm³/mol. The van der Waals surface area contributed by atoms with E-state index in [4.69, 9.17) is 11.6 Å². The number of nitrogens with zero attached hydrogens (tertiary/aromatic N) is 3. The summed E-state index contributed by atoms with van der Waals surface area (Å²) in [4.78, 5) is 30.9. The van der Waals surface area contributed by atoms with Gasteiger partial charge in [0, 0.05) is 42.1 Å². The zero-order valence-corrected chi connectivity index (χ0v) is 25.3. The zero-order valence-electron chi connectivity index (χ0n) is 24.6. The van der Waals surface area contributed by atoms with Crippen LogP contribution in [-0.2, 0) is 23.3 Å². The number of rotatable bonds is 11. The number of carbonyl (C=O) groups excluding carboxylic acids is 2. The maximum absolute atomic E-state index is 13.7. The Labute approximate surface area is 239 Å². The third-order valence-corrected chi connectivity index (χ3v) is 7.08. The number of amides is 2. The summed E-state index contributed by atoms with van der Waals surface area (Å²) in [6.45, 7) is 17.1. The van der Waals surface area contributed by atoms with E-state index in [1.54, 1.807) is 4.90 Å². The molecule has 0 atom stereocenters. The van der Waals surface area contributed by atoms with Crippen LogP contribution in [-0.4, -0.2) is 45.8 Å². The number of carbonyl (C=O) groups is 2. The fraction of sp³-hybridized carbons (Fsp3) is 0.455. The first kappa shape index (κ1) is 30.5. The smallest absolute Gasteiger partial charge is 0.254 e. The van der Waals surface area contributed by atoms with Crippen LogP contribution in [0.2, 0.25) is 5.02 Å². The topological polar surface area (TPSA) is 45.6 Å². The molecule has 6 heteroatoms. The standard InChI is InChI=1S/C33H44ClN3O2/c1-24(2)19-36(22-29-12-10-18-35(29)21-27-11-8-9-13-30(27)34)31(38)23-37(20-25(3)4)32(39)26-14-16-28(17-15-26)33(5,6)7/h8-18,24-25H,19-23H2,1-7H3.